The first-order valence-electron chi connectivity index (χ1n) is 13.3. The molecule has 2 aliphatic heterocycles. The van der Waals surface area contributed by atoms with Crippen LogP contribution in [0.2, 0.25) is 0 Å². The molecule has 0 radical (unpaired) electrons. The number of nitrogens with zero attached hydrogens (tertiary/aromatic N) is 5. The lowest BCUT2D eigenvalue weighted by molar-refractivity contribution is -0.765. The highest BCUT2D eigenvalue weighted by Gasteiger charge is 2.52. The third-order valence-corrected chi connectivity index (χ3v) is 10.1. The van der Waals surface area contributed by atoms with Crippen molar-refractivity contribution >= 4 is 46.4 Å². The molecule has 2 fully saturated rings. The van der Waals surface area contributed by atoms with Crippen molar-refractivity contribution in [1.29, 1.82) is 0 Å². The second-order valence-corrected chi connectivity index (χ2v) is 14.5. The number of aliphatic hydroxyl groups is 3. The number of amides is 1. The van der Waals surface area contributed by atoms with Crippen LogP contribution in [0, 0.1) is 0 Å². The molecule has 0 aliphatic carbocycles. The first-order chi connectivity index (χ1) is 22.4. The Bertz CT molecular complexity index is 1800. The molecule has 3 aromatic rings. The summed E-state index contributed by atoms with van der Waals surface area (Å²) in [4.78, 5) is 61.0. The van der Waals surface area contributed by atoms with Crippen molar-refractivity contribution in [2.75, 3.05) is 18.9 Å². The molecule has 3 aromatic heterocycles. The number of nitrogen functional groups attached to an aromatic ring is 1. The fourth-order valence-electron chi connectivity index (χ4n) is 4.86. The van der Waals surface area contributed by atoms with Crippen LogP contribution in [0.3, 0.4) is 0 Å². The third-order valence-electron chi connectivity index (χ3n) is 6.97. The molecule has 1 unspecified atom stereocenters. The number of phosphoric ester groups is 2. The van der Waals surface area contributed by atoms with E-state index in [0.717, 1.165) is 17.2 Å². The molecule has 5 heterocycles. The average Bonchev–Trinajstić information content (AvgIpc) is 3.64. The highest BCUT2D eigenvalue weighted by molar-refractivity contribution is 7.61. The number of primary amides is 1. The molecule has 2 saturated heterocycles. The van der Waals surface area contributed by atoms with E-state index in [4.69, 9.17) is 34.5 Å². The molecule has 1 amide bonds. The predicted octanol–water partition coefficient (Wildman–Crippen LogP) is -2.90. The van der Waals surface area contributed by atoms with E-state index in [1.54, 1.807) is 0 Å². The van der Waals surface area contributed by atoms with Crippen LogP contribution in [0.1, 0.15) is 22.8 Å². The maximum atomic E-state index is 13.4. The van der Waals surface area contributed by atoms with E-state index in [1.807, 2.05) is 0 Å². The highest BCUT2D eigenvalue weighted by Crippen LogP contribution is 2.61. The number of imidazole rings is 1. The molecule has 48 heavy (non-hydrogen) atoms. The number of phosphoric acid groups is 3. The summed E-state index contributed by atoms with van der Waals surface area (Å²) in [6, 6.07) is 2.78. The summed E-state index contributed by atoms with van der Waals surface area (Å²) in [6.45, 7) is -2.03. The second kappa shape index (κ2) is 13.8. The number of aliphatic hydroxyl groups excluding tert-OH is 3. The second-order valence-electron chi connectivity index (χ2n) is 10.3. The summed E-state index contributed by atoms with van der Waals surface area (Å²) in [5.41, 5.74) is 11.1. The van der Waals surface area contributed by atoms with E-state index in [1.165, 1.54) is 29.1 Å². The summed E-state index contributed by atoms with van der Waals surface area (Å²) >= 11 is 0. The number of nitrogens with two attached hydrogens (primary N) is 2. The summed E-state index contributed by atoms with van der Waals surface area (Å²) < 4.78 is 69.4. The van der Waals surface area contributed by atoms with Gasteiger partial charge in [-0.15, -0.1) is 0 Å². The van der Waals surface area contributed by atoms with E-state index in [9.17, 15) is 53.4 Å². The van der Waals surface area contributed by atoms with Crippen molar-refractivity contribution in [2.45, 2.75) is 49.1 Å². The number of hydrogen-bond donors (Lipinski definition) is 9. The molecule has 27 heteroatoms. The summed E-state index contributed by atoms with van der Waals surface area (Å²) in [5, 5.41) is 32.0. The zero-order chi connectivity index (χ0) is 35.2. The lowest BCUT2D eigenvalue weighted by atomic mass is 10.1. The topological polar surface area (TPSA) is 365 Å². The maximum absolute atomic E-state index is 13.4. The van der Waals surface area contributed by atoms with Crippen LogP contribution in [0.15, 0.2) is 37.2 Å². The van der Waals surface area contributed by atoms with Crippen LogP contribution in [0.25, 0.3) is 11.2 Å². The molecule has 24 nitrogen and oxygen atoms in total. The van der Waals surface area contributed by atoms with Gasteiger partial charge in [-0.3, -0.25) is 22.9 Å². The van der Waals surface area contributed by atoms with E-state index < -0.39 is 91.7 Å². The lowest BCUT2D eigenvalue weighted by Crippen LogP contribution is -2.46. The molecule has 0 aromatic carbocycles. The number of carbonyl (C=O) groups excluding carboxylic acids is 1. The van der Waals surface area contributed by atoms with E-state index in [0.29, 0.717) is 0 Å². The van der Waals surface area contributed by atoms with E-state index in [2.05, 4.69) is 19.3 Å². The number of pyridine rings is 1. The zero-order valence-electron chi connectivity index (χ0n) is 23.9. The van der Waals surface area contributed by atoms with Gasteiger partial charge in [-0.2, -0.15) is 8.88 Å². The van der Waals surface area contributed by atoms with Crippen LogP contribution in [-0.4, -0.2) is 110 Å². The quantitative estimate of drug-likeness (QED) is 0.0626. The van der Waals surface area contributed by atoms with Gasteiger partial charge >= 0.3 is 23.5 Å². The Hall–Kier alpha value is -2.86. The van der Waals surface area contributed by atoms with Gasteiger partial charge in [-0.1, -0.05) is 0 Å². The van der Waals surface area contributed by atoms with Crippen molar-refractivity contribution in [3.05, 3.63) is 42.7 Å². The van der Waals surface area contributed by atoms with Crippen molar-refractivity contribution in [3.63, 3.8) is 0 Å². The van der Waals surface area contributed by atoms with Gasteiger partial charge in [0.1, 0.15) is 47.9 Å². The molecule has 264 valence electrons. The van der Waals surface area contributed by atoms with Gasteiger partial charge in [-0.25, -0.2) is 28.6 Å². The molecule has 0 bridgehead atoms. The number of anilines is 1. The first kappa shape index (κ1) is 36.4. The van der Waals surface area contributed by atoms with Crippen LogP contribution in [0.4, 0.5) is 5.82 Å². The summed E-state index contributed by atoms with van der Waals surface area (Å²) in [6.07, 6.45) is -8.61. The average molecular weight is 744 g/mol. The van der Waals surface area contributed by atoms with Gasteiger partial charge < -0.3 is 55.8 Å². The largest absolute Gasteiger partial charge is 0.483 e. The summed E-state index contributed by atoms with van der Waals surface area (Å²) in [7, 11) is -16.3. The number of ether oxygens (including phenoxy) is 2. The Balaban J connectivity index is 1.32. The Morgan fingerprint density at radius 1 is 0.958 bits per heavy atom. The predicted molar refractivity (Wildman–Crippen MR) is 150 cm³/mol. The third kappa shape index (κ3) is 8.12. The maximum Gasteiger partial charge on any atom is 0.483 e. The van der Waals surface area contributed by atoms with Crippen LogP contribution in [-0.2, 0) is 41.1 Å². The fraction of sp³-hybridized carbons (Fsp3) is 0.476. The molecule has 9 atom stereocenters. The normalized spacial score (nSPS) is 29.3. The molecular weight excluding hydrogens is 715 g/mol. The SMILES string of the molecule is NC(=O)c1ccc[n+]([C@H]2O[C@H](COP(=O)(OC[C@H]3O[C@@H](n4cnc5c(N)ncnc54)[C@H](OP(=O)(O)O)[C@H]3O)OP(=O)(O)O)[C@@H](O)[C@H]2O)c1. The number of fused-ring (bicyclic) bond motifs is 1. The minimum atomic E-state index is -5.63. The number of hydrogen-bond acceptors (Lipinski definition) is 17. The van der Waals surface area contributed by atoms with Gasteiger partial charge in [0, 0.05) is 6.07 Å². The smallest absolute Gasteiger partial charge is 0.387 e. The van der Waals surface area contributed by atoms with Crippen molar-refractivity contribution in [3.8, 4) is 0 Å². The minimum absolute atomic E-state index is 0.00505. The number of aromatic nitrogens is 5. The summed E-state index contributed by atoms with van der Waals surface area (Å²) in [5.74, 6) is -0.866. The van der Waals surface area contributed by atoms with Crippen molar-refractivity contribution in [2.24, 2.45) is 5.73 Å². The first-order valence-corrected chi connectivity index (χ1v) is 17.9. The van der Waals surface area contributed by atoms with Gasteiger partial charge in [0.15, 0.2) is 36.2 Å². The lowest BCUT2D eigenvalue weighted by Gasteiger charge is -2.23. The van der Waals surface area contributed by atoms with E-state index >= 15 is 0 Å². The van der Waals surface area contributed by atoms with Crippen molar-refractivity contribution < 1.29 is 85.3 Å². The molecule has 0 spiro atoms. The highest BCUT2D eigenvalue weighted by atomic mass is 31.3. The zero-order valence-corrected chi connectivity index (χ0v) is 26.6. The Morgan fingerprint density at radius 2 is 1.62 bits per heavy atom. The minimum Gasteiger partial charge on any atom is -0.387 e. The Labute approximate surface area is 267 Å². The fourth-order valence-corrected chi connectivity index (χ4v) is 7.56. The van der Waals surface area contributed by atoms with Gasteiger partial charge in [-0.05, 0) is 6.07 Å². The van der Waals surface area contributed by atoms with Crippen molar-refractivity contribution in [1.82, 2.24) is 19.5 Å². The number of carbonyl (C=O) groups is 1. The van der Waals surface area contributed by atoms with E-state index in [-0.39, 0.29) is 22.5 Å². The Kier molecular flexibility index (Phi) is 10.5. The molecule has 5 rings (SSSR count). The van der Waals surface area contributed by atoms with Crippen LogP contribution < -0.4 is 16.0 Å². The molecule has 11 N–H and O–H groups in total. The molecule has 0 saturated carbocycles. The molecule has 2 aliphatic rings. The van der Waals surface area contributed by atoms with Gasteiger partial charge in [0.05, 0.1) is 19.5 Å². The monoisotopic (exact) mass is 744 g/mol. The Morgan fingerprint density at radius 3 is 2.25 bits per heavy atom. The molecular formula is C21H29N7O17P3+. The van der Waals surface area contributed by atoms with Crippen LogP contribution >= 0.6 is 23.5 Å². The van der Waals surface area contributed by atoms with Gasteiger partial charge in [0.25, 0.3) is 12.1 Å². The number of rotatable bonds is 13. The van der Waals surface area contributed by atoms with Gasteiger partial charge in [0.2, 0.25) is 0 Å². The van der Waals surface area contributed by atoms with Crippen LogP contribution in [0.5, 0.6) is 0 Å². The standard InChI is InChI=1S/C21H28N7O17P3/c22-17-12-19(25-7-24-17)28(8-26-12)21-16(44-46(33,34)35)14(30)11(43-21)6-41-48(39,45-47(36,37)38)40-5-10-13(29)15(31)20(42-10)27-3-1-2-9(4-27)18(23)32/h1-4,7-8,10-11,13-16,20-21,29-31H,5-6H2,(H7-,22,23,24,25,32,33,34,35,36,37,38)/p+1/t10-,11-,13-,14+,15-,16-,20+,21-,48?/m1/s1.